The van der Waals surface area contributed by atoms with Gasteiger partial charge in [0.2, 0.25) is 11.0 Å². The predicted molar refractivity (Wildman–Crippen MR) is 202 cm³/mol. The van der Waals surface area contributed by atoms with Crippen LogP contribution in [0.4, 0.5) is 6.18 Å². The number of nitrogens with zero attached hydrogens (tertiary/aromatic N) is 1. The first-order chi connectivity index (χ1) is 22.7. The number of likely N-dealkylation sites (N-methyl/N-ethyl adjacent to an activating group) is 1. The van der Waals surface area contributed by atoms with Crippen molar-refractivity contribution in [3.63, 3.8) is 0 Å². The molecule has 1 atom stereocenters. The van der Waals surface area contributed by atoms with Gasteiger partial charge in [-0.15, -0.1) is 0 Å². The van der Waals surface area contributed by atoms with Gasteiger partial charge in [-0.2, -0.15) is 0 Å². The summed E-state index contributed by atoms with van der Waals surface area (Å²) in [6.45, 7) is 16.5. The van der Waals surface area contributed by atoms with Crippen LogP contribution in [0.3, 0.4) is 0 Å². The van der Waals surface area contributed by atoms with Gasteiger partial charge >= 0.3 is 26.4 Å². The Morgan fingerprint density at radius 3 is 1.76 bits per heavy atom. The number of hydrogen-bond acceptors (Lipinski definition) is 4. The molecule has 0 heterocycles. The zero-order valence-corrected chi connectivity index (χ0v) is 34.7. The molecule has 2 aromatic rings. The van der Waals surface area contributed by atoms with Crippen LogP contribution in [0.25, 0.3) is 0 Å². The normalized spacial score (nSPS) is 22.3. The Labute approximate surface area is 312 Å². The van der Waals surface area contributed by atoms with E-state index in [1.54, 1.807) is 19.0 Å². The zero-order chi connectivity index (χ0) is 36.0. The Bertz CT molecular complexity index is 1240. The van der Waals surface area contributed by atoms with Gasteiger partial charge in [0.25, 0.3) is 5.91 Å². The van der Waals surface area contributed by atoms with Crippen molar-refractivity contribution in [2.24, 2.45) is 40.9 Å². The fraction of sp³-hybridized carbons (Fsp3) is 0.590. The summed E-state index contributed by atoms with van der Waals surface area (Å²) < 4.78 is 19.5. The third-order valence-corrected chi connectivity index (χ3v) is 14.9. The molecular weight excluding hydrogens is 693 g/mol. The van der Waals surface area contributed by atoms with Crippen LogP contribution in [-0.2, 0) is 29.8 Å². The average Bonchev–Trinajstić information content (AvgIpc) is 3.68. The summed E-state index contributed by atoms with van der Waals surface area (Å²) in [6.07, 6.45) is 5.40. The van der Waals surface area contributed by atoms with E-state index in [2.05, 4.69) is 65.9 Å². The van der Waals surface area contributed by atoms with Crippen molar-refractivity contribution in [1.82, 2.24) is 10.2 Å². The van der Waals surface area contributed by atoms with Crippen LogP contribution in [0.5, 0.6) is 0 Å². The molecule has 5 nitrogen and oxygen atoms in total. The van der Waals surface area contributed by atoms with Gasteiger partial charge in [0.1, 0.15) is 0 Å². The van der Waals surface area contributed by atoms with Gasteiger partial charge in [-0.05, 0) is 84.4 Å². The second-order valence-electron chi connectivity index (χ2n) is 14.3. The molecule has 1 N–H and O–H groups in total. The van der Waals surface area contributed by atoms with E-state index in [1.165, 1.54) is 42.7 Å². The number of thioether (sulfide) groups is 1. The second-order valence-corrected chi connectivity index (χ2v) is 18.2. The van der Waals surface area contributed by atoms with Crippen LogP contribution in [0.1, 0.15) is 90.9 Å². The van der Waals surface area contributed by atoms with Crippen molar-refractivity contribution < 1.29 is 40.8 Å². The predicted octanol–water partition coefficient (Wildman–Crippen LogP) is 9.23. The number of amides is 2. The quantitative estimate of drug-likeness (QED) is 0.149. The molecular formula is C39H60F2N2O3PSTi-. The molecule has 0 spiro atoms. The van der Waals surface area contributed by atoms with Gasteiger partial charge in [0.15, 0.2) is 0 Å². The van der Waals surface area contributed by atoms with Gasteiger partial charge in [0.05, 0.1) is 6.54 Å². The van der Waals surface area contributed by atoms with E-state index < -0.39 is 28.1 Å². The molecule has 1 unspecified atom stereocenters. The van der Waals surface area contributed by atoms with Crippen LogP contribution in [0.2, 0.25) is 0 Å². The van der Waals surface area contributed by atoms with Gasteiger partial charge < -0.3 is 17.6 Å². The molecule has 2 aromatic carbocycles. The maximum atomic E-state index is 12.9. The maximum absolute atomic E-state index is 12.9. The number of halogens is 2. The van der Waals surface area contributed by atoms with Gasteiger partial charge in [0, 0.05) is 31.6 Å². The summed E-state index contributed by atoms with van der Waals surface area (Å²) in [5.41, 5.74) is 1.22. The van der Waals surface area contributed by atoms with Gasteiger partial charge in [-0.1, -0.05) is 116 Å². The van der Waals surface area contributed by atoms with Crippen molar-refractivity contribution in [2.45, 2.75) is 80.6 Å². The van der Waals surface area contributed by atoms with E-state index in [4.69, 9.17) is 0 Å². The summed E-state index contributed by atoms with van der Waals surface area (Å²) in [4.78, 5) is 39.2. The van der Waals surface area contributed by atoms with Crippen molar-refractivity contribution in [2.75, 3.05) is 26.1 Å². The van der Waals surface area contributed by atoms with E-state index >= 15 is 0 Å². The number of hydrogen-bond donors (Lipinski definition) is 1. The van der Waals surface area contributed by atoms with Crippen LogP contribution < -0.4 is 15.9 Å². The van der Waals surface area contributed by atoms with E-state index in [0.29, 0.717) is 23.4 Å². The van der Waals surface area contributed by atoms with Gasteiger partial charge in [-0.25, -0.2) is 0 Å². The topological polar surface area (TPSA) is 66.5 Å². The summed E-state index contributed by atoms with van der Waals surface area (Å²) in [5, 5.41) is 4.94. The van der Waals surface area contributed by atoms with Crippen LogP contribution in [0.15, 0.2) is 54.6 Å². The fourth-order valence-electron chi connectivity index (χ4n) is 7.08. The van der Waals surface area contributed by atoms with E-state index in [-0.39, 0.29) is 36.3 Å². The van der Waals surface area contributed by atoms with Crippen LogP contribution in [0, 0.1) is 48.3 Å². The van der Waals surface area contributed by atoms with Gasteiger partial charge in [-0.3, -0.25) is 14.4 Å². The summed E-state index contributed by atoms with van der Waals surface area (Å²) in [7, 11) is 2.58. The molecule has 49 heavy (non-hydrogen) atoms. The molecule has 0 bridgehead atoms. The first kappa shape index (κ1) is 45.4. The standard InChI is InChI=1S/C28H37N2O3PS.C10H20.CH3.2FH.Ti/c1-28(2,22-10-8-9-11-22)18-25(31)30(4)19-26(32)35-20-34(23-12-6-5-7-13-23)24-16-14-21(15-17-24)27(33)29-3;1-6-7(2)9(4)10(5)8(6)3;;;;/h5-7,12-17,22H,8-11,18-20H2,1-4H3,(H,29,33);6-10H,1-5H3;1H3;2*1H;/q;;-1;;;+2/p-2. The number of nitrogens with one attached hydrogen (secondary N) is 1. The average molecular weight is 754 g/mol. The molecule has 4 rings (SSSR count). The number of carbonyl (C=O) groups is 3. The Morgan fingerprint density at radius 1 is 0.857 bits per heavy atom. The molecule has 0 aliphatic heterocycles. The molecule has 274 valence electrons. The monoisotopic (exact) mass is 753 g/mol. The first-order valence-corrected chi connectivity index (χ1v) is 20.9. The third-order valence-electron chi connectivity index (χ3n) is 11.1. The second kappa shape index (κ2) is 22.4. The Kier molecular flexibility index (Phi) is 20.7. The van der Waals surface area contributed by atoms with Crippen LogP contribution in [-0.4, -0.2) is 48.0 Å². The number of benzene rings is 2. The van der Waals surface area contributed by atoms with Crippen molar-refractivity contribution in [3.8, 4) is 0 Å². The molecule has 10 heteroatoms. The van der Waals surface area contributed by atoms with Crippen molar-refractivity contribution in [3.05, 3.63) is 67.6 Å². The Balaban J connectivity index is 0.000000721. The Morgan fingerprint density at radius 2 is 1.31 bits per heavy atom. The molecule has 2 saturated carbocycles. The summed E-state index contributed by atoms with van der Waals surface area (Å²) in [5.74, 6) is 5.20. The molecule has 2 fully saturated rings. The number of rotatable bonds is 10. The zero-order valence-electron chi connectivity index (χ0n) is 31.4. The molecule has 2 aliphatic rings. The number of carbonyl (C=O) groups excluding carboxylic acids is 3. The van der Waals surface area contributed by atoms with E-state index in [0.717, 1.165) is 34.9 Å². The molecule has 0 saturated heterocycles. The van der Waals surface area contributed by atoms with Crippen molar-refractivity contribution in [1.29, 1.82) is 0 Å². The van der Waals surface area contributed by atoms with E-state index in [9.17, 15) is 20.6 Å². The summed E-state index contributed by atoms with van der Waals surface area (Å²) >= 11 is -1.21. The SMILES string of the molecule is CC1C(C)C(C)C(C)C1C.CNC(=O)c1ccc(P(CSC(=O)CN(C)C(=O)CC(C)(C)C2CCCC2)c2ccccc2)cc1.[CH3-].[F][Ti][F]. The minimum absolute atomic E-state index is 0. The van der Waals surface area contributed by atoms with Crippen molar-refractivity contribution >= 4 is 47.2 Å². The van der Waals surface area contributed by atoms with Crippen LogP contribution >= 0.6 is 19.7 Å². The first-order valence-electron chi connectivity index (χ1n) is 17.2. The summed E-state index contributed by atoms with van der Waals surface area (Å²) in [6, 6.07) is 17.8. The van der Waals surface area contributed by atoms with E-state index in [1.807, 2.05) is 42.5 Å². The molecule has 0 aromatic heterocycles. The minimum atomic E-state index is -2.50. The third kappa shape index (κ3) is 13.8. The Hall–Kier alpha value is -1.60. The molecule has 2 amide bonds. The molecule has 0 radical (unpaired) electrons. The molecule has 2 aliphatic carbocycles. The fourth-order valence-corrected chi connectivity index (χ4v) is 11.0.